The number of nitrogens with one attached hydrogen (secondary N) is 1. The van der Waals surface area contributed by atoms with E-state index in [1.807, 2.05) is 10.7 Å². The molecule has 0 atom stereocenters. The van der Waals surface area contributed by atoms with Gasteiger partial charge in [-0.25, -0.2) is 4.68 Å². The average molecular weight is 249 g/mol. The van der Waals surface area contributed by atoms with Crippen LogP contribution in [-0.2, 0) is 6.54 Å². The van der Waals surface area contributed by atoms with Crippen LogP contribution in [0, 0.1) is 5.92 Å². The summed E-state index contributed by atoms with van der Waals surface area (Å²) in [5.41, 5.74) is 0. The summed E-state index contributed by atoms with van der Waals surface area (Å²) in [6, 6.07) is 4.10. The lowest BCUT2D eigenvalue weighted by Crippen LogP contribution is -2.30. The first-order valence-electron chi connectivity index (χ1n) is 5.94. The molecule has 1 saturated heterocycles. The first-order chi connectivity index (χ1) is 8.43. The van der Waals surface area contributed by atoms with Crippen LogP contribution in [0.5, 0.6) is 0 Å². The van der Waals surface area contributed by atoms with E-state index in [-0.39, 0.29) is 0 Å². The number of aromatic nitrogens is 4. The summed E-state index contributed by atoms with van der Waals surface area (Å²) in [6.45, 7) is 3.16. The quantitative estimate of drug-likeness (QED) is 0.893. The van der Waals surface area contributed by atoms with Gasteiger partial charge in [0.1, 0.15) is 0 Å². The predicted octanol–water partition coefficient (Wildman–Crippen LogP) is 1.40. The molecule has 0 spiro atoms. The molecule has 2 aromatic rings. The van der Waals surface area contributed by atoms with Crippen LogP contribution >= 0.6 is 11.3 Å². The molecule has 0 radical (unpaired) electrons. The number of hydrogen-bond donors (Lipinski definition) is 1. The Morgan fingerprint density at radius 1 is 1.41 bits per heavy atom. The van der Waals surface area contributed by atoms with Crippen LogP contribution in [0.15, 0.2) is 17.5 Å². The maximum absolute atomic E-state index is 4.12. The fourth-order valence-corrected chi connectivity index (χ4v) is 2.93. The van der Waals surface area contributed by atoms with Crippen molar-refractivity contribution in [3.05, 3.63) is 17.5 Å². The Labute approximate surface area is 104 Å². The number of piperidine rings is 1. The summed E-state index contributed by atoms with van der Waals surface area (Å²) in [5.74, 6) is 1.59. The molecule has 3 heterocycles. The summed E-state index contributed by atoms with van der Waals surface area (Å²) >= 11 is 1.68. The number of tetrazole rings is 1. The molecule has 5 nitrogen and oxygen atoms in total. The summed E-state index contributed by atoms with van der Waals surface area (Å²) in [5, 5.41) is 17.5. The highest BCUT2D eigenvalue weighted by Gasteiger charge is 2.17. The Bertz CT molecular complexity index is 458. The highest BCUT2D eigenvalue weighted by Crippen LogP contribution is 2.23. The second kappa shape index (κ2) is 4.93. The van der Waals surface area contributed by atoms with Gasteiger partial charge in [-0.1, -0.05) is 6.07 Å². The molecular weight excluding hydrogens is 234 g/mol. The van der Waals surface area contributed by atoms with E-state index in [1.54, 1.807) is 11.3 Å². The smallest absolute Gasteiger partial charge is 0.192 e. The second-order valence-electron chi connectivity index (χ2n) is 4.36. The molecule has 1 N–H and O–H groups in total. The van der Waals surface area contributed by atoms with E-state index in [0.717, 1.165) is 30.3 Å². The van der Waals surface area contributed by atoms with E-state index in [9.17, 15) is 0 Å². The van der Waals surface area contributed by atoms with Crippen molar-refractivity contribution in [2.24, 2.45) is 5.92 Å². The first-order valence-corrected chi connectivity index (χ1v) is 6.82. The Morgan fingerprint density at radius 2 is 2.29 bits per heavy atom. The topological polar surface area (TPSA) is 55.6 Å². The largest absolute Gasteiger partial charge is 0.317 e. The van der Waals surface area contributed by atoms with Gasteiger partial charge in [-0.05, 0) is 53.7 Å². The third-order valence-electron chi connectivity index (χ3n) is 3.16. The van der Waals surface area contributed by atoms with Gasteiger partial charge in [0.15, 0.2) is 5.82 Å². The average Bonchev–Trinajstić information content (AvgIpc) is 3.00. The second-order valence-corrected chi connectivity index (χ2v) is 5.30. The van der Waals surface area contributed by atoms with Crippen molar-refractivity contribution < 1.29 is 0 Å². The Kier molecular flexibility index (Phi) is 3.15. The lowest BCUT2D eigenvalue weighted by molar-refractivity contribution is 0.320. The maximum Gasteiger partial charge on any atom is 0.192 e. The van der Waals surface area contributed by atoms with E-state index in [4.69, 9.17) is 0 Å². The van der Waals surface area contributed by atoms with Gasteiger partial charge in [-0.2, -0.15) is 0 Å². The Balaban J connectivity index is 1.77. The molecule has 3 rings (SSSR count). The number of nitrogens with zero attached hydrogens (tertiary/aromatic N) is 4. The molecule has 90 valence electrons. The molecule has 2 aromatic heterocycles. The lowest BCUT2D eigenvalue weighted by Gasteiger charge is -2.22. The van der Waals surface area contributed by atoms with E-state index >= 15 is 0 Å². The van der Waals surface area contributed by atoms with Gasteiger partial charge in [0, 0.05) is 6.54 Å². The fourth-order valence-electron chi connectivity index (χ4n) is 2.22. The van der Waals surface area contributed by atoms with E-state index < -0.39 is 0 Å². The van der Waals surface area contributed by atoms with Crippen molar-refractivity contribution in [1.82, 2.24) is 25.5 Å². The molecule has 0 bridgehead atoms. The maximum atomic E-state index is 4.12. The molecule has 1 aliphatic rings. The lowest BCUT2D eigenvalue weighted by atomic mass is 9.98. The molecule has 0 amide bonds. The van der Waals surface area contributed by atoms with Crippen LogP contribution in [0.2, 0.25) is 0 Å². The van der Waals surface area contributed by atoms with Crippen LogP contribution in [0.1, 0.15) is 12.8 Å². The summed E-state index contributed by atoms with van der Waals surface area (Å²) in [7, 11) is 0. The van der Waals surface area contributed by atoms with Gasteiger partial charge < -0.3 is 5.32 Å². The van der Waals surface area contributed by atoms with Crippen LogP contribution in [0.3, 0.4) is 0 Å². The minimum atomic E-state index is 0.693. The zero-order valence-corrected chi connectivity index (χ0v) is 10.4. The molecule has 0 aromatic carbocycles. The summed E-state index contributed by atoms with van der Waals surface area (Å²) in [4.78, 5) is 1.14. The number of hydrogen-bond acceptors (Lipinski definition) is 5. The van der Waals surface area contributed by atoms with Crippen molar-refractivity contribution >= 4 is 11.3 Å². The summed E-state index contributed by atoms with van der Waals surface area (Å²) in [6.07, 6.45) is 2.42. The zero-order valence-electron chi connectivity index (χ0n) is 9.54. The zero-order chi connectivity index (χ0) is 11.5. The van der Waals surface area contributed by atoms with Gasteiger partial charge in [-0.15, -0.1) is 16.4 Å². The Morgan fingerprint density at radius 3 is 3.06 bits per heavy atom. The van der Waals surface area contributed by atoms with Gasteiger partial charge in [0.2, 0.25) is 0 Å². The molecule has 17 heavy (non-hydrogen) atoms. The van der Waals surface area contributed by atoms with Gasteiger partial charge in [0.25, 0.3) is 0 Å². The Hall–Kier alpha value is -1.27. The first kappa shape index (κ1) is 10.9. The van der Waals surface area contributed by atoms with Gasteiger partial charge >= 0.3 is 0 Å². The van der Waals surface area contributed by atoms with Crippen LogP contribution in [0.25, 0.3) is 10.7 Å². The van der Waals surface area contributed by atoms with Crippen molar-refractivity contribution in [3.63, 3.8) is 0 Å². The third-order valence-corrected chi connectivity index (χ3v) is 4.03. The standard InChI is InChI=1S/C11H15N5S/c1-2-10(17-7-1)11-13-14-15-16(11)8-9-3-5-12-6-4-9/h1-2,7,9,12H,3-6,8H2. The third kappa shape index (κ3) is 2.37. The fraction of sp³-hybridized carbons (Fsp3) is 0.545. The van der Waals surface area contributed by atoms with Crippen LogP contribution < -0.4 is 5.32 Å². The highest BCUT2D eigenvalue weighted by molar-refractivity contribution is 7.13. The molecule has 0 aliphatic carbocycles. The van der Waals surface area contributed by atoms with Crippen molar-refractivity contribution in [1.29, 1.82) is 0 Å². The number of rotatable bonds is 3. The van der Waals surface area contributed by atoms with Crippen molar-refractivity contribution in [2.45, 2.75) is 19.4 Å². The van der Waals surface area contributed by atoms with Crippen molar-refractivity contribution in [2.75, 3.05) is 13.1 Å². The summed E-state index contributed by atoms with van der Waals surface area (Å²) < 4.78 is 1.95. The number of thiophene rings is 1. The molecule has 1 fully saturated rings. The highest BCUT2D eigenvalue weighted by atomic mass is 32.1. The van der Waals surface area contributed by atoms with E-state index in [0.29, 0.717) is 5.92 Å². The predicted molar refractivity (Wildman–Crippen MR) is 66.7 cm³/mol. The molecule has 6 heteroatoms. The van der Waals surface area contributed by atoms with E-state index in [1.165, 1.54) is 12.8 Å². The van der Waals surface area contributed by atoms with Gasteiger partial charge in [0.05, 0.1) is 4.88 Å². The van der Waals surface area contributed by atoms with Crippen LogP contribution in [0.4, 0.5) is 0 Å². The van der Waals surface area contributed by atoms with Crippen LogP contribution in [-0.4, -0.2) is 33.3 Å². The minimum absolute atomic E-state index is 0.693. The van der Waals surface area contributed by atoms with Crippen molar-refractivity contribution in [3.8, 4) is 10.7 Å². The molecule has 0 unspecified atom stereocenters. The normalized spacial score (nSPS) is 17.4. The van der Waals surface area contributed by atoms with Gasteiger partial charge in [-0.3, -0.25) is 0 Å². The monoisotopic (exact) mass is 249 g/mol. The minimum Gasteiger partial charge on any atom is -0.317 e. The molecule has 1 aliphatic heterocycles. The molecule has 0 saturated carbocycles. The molecular formula is C11H15N5S. The SMILES string of the molecule is c1csc(-c2nnnn2CC2CCNCC2)c1. The van der Waals surface area contributed by atoms with E-state index in [2.05, 4.69) is 32.3 Å².